The molecule has 0 aliphatic rings. The summed E-state index contributed by atoms with van der Waals surface area (Å²) in [6, 6.07) is 10.5. The zero-order chi connectivity index (χ0) is 21.1. The van der Waals surface area contributed by atoms with Crippen LogP contribution in [0, 0.1) is 20.8 Å². The van der Waals surface area contributed by atoms with Gasteiger partial charge in [-0.05, 0) is 56.2 Å². The Balaban J connectivity index is 1.71. The van der Waals surface area contributed by atoms with E-state index >= 15 is 0 Å². The molecule has 0 saturated heterocycles. The Morgan fingerprint density at radius 2 is 1.48 bits per heavy atom. The molecule has 29 heavy (non-hydrogen) atoms. The summed E-state index contributed by atoms with van der Waals surface area (Å²) in [5, 5.41) is 14.5. The minimum absolute atomic E-state index is 0.0890. The molecule has 1 heterocycles. The third-order valence-corrected chi connectivity index (χ3v) is 5.37. The quantitative estimate of drug-likeness (QED) is 0.626. The van der Waals surface area contributed by atoms with Crippen LogP contribution in [-0.4, -0.2) is 26.8 Å². The van der Waals surface area contributed by atoms with E-state index in [1.807, 2.05) is 13.8 Å². The van der Waals surface area contributed by atoms with Gasteiger partial charge in [0.25, 0.3) is 5.91 Å². The van der Waals surface area contributed by atoms with E-state index in [0.29, 0.717) is 27.1 Å². The second-order valence-corrected chi connectivity index (χ2v) is 7.32. The van der Waals surface area contributed by atoms with Gasteiger partial charge in [-0.25, -0.2) is 4.68 Å². The maximum absolute atomic E-state index is 12.6. The lowest BCUT2D eigenvalue weighted by atomic mass is 10.2. The number of carbonyl (C=O) groups is 2. The van der Waals surface area contributed by atoms with Crippen LogP contribution in [0.15, 0.2) is 36.4 Å². The molecule has 0 fully saturated rings. The third-order valence-electron chi connectivity index (χ3n) is 4.55. The van der Waals surface area contributed by atoms with Crippen LogP contribution in [0.2, 0.25) is 10.0 Å². The van der Waals surface area contributed by atoms with Crippen molar-refractivity contribution in [2.45, 2.75) is 27.3 Å². The molecule has 2 aromatic carbocycles. The van der Waals surface area contributed by atoms with Gasteiger partial charge in [0.1, 0.15) is 6.54 Å². The summed E-state index contributed by atoms with van der Waals surface area (Å²) in [5.41, 5.74) is 3.34. The van der Waals surface area contributed by atoms with Gasteiger partial charge in [0.15, 0.2) is 5.69 Å². The molecule has 0 aliphatic carbocycles. The number of hydrogen-bond donors (Lipinski definition) is 2. The molecular weight excluding hydrogens is 413 g/mol. The van der Waals surface area contributed by atoms with Gasteiger partial charge in [0, 0.05) is 21.4 Å². The monoisotopic (exact) mass is 431 g/mol. The van der Waals surface area contributed by atoms with Crippen molar-refractivity contribution in [2.24, 2.45) is 0 Å². The number of halogens is 2. The molecule has 3 aromatic rings. The number of rotatable bonds is 5. The van der Waals surface area contributed by atoms with Crippen molar-refractivity contribution in [2.75, 3.05) is 10.6 Å². The summed E-state index contributed by atoms with van der Waals surface area (Å²) in [6.07, 6.45) is 0. The molecule has 0 unspecified atom stereocenters. The molecule has 2 amide bonds. The second kappa shape index (κ2) is 8.63. The first-order valence-corrected chi connectivity index (χ1v) is 9.55. The molecule has 0 radical (unpaired) electrons. The Kier molecular flexibility index (Phi) is 6.20. The molecule has 1 aromatic heterocycles. The Labute approximate surface area is 178 Å². The molecule has 7 nitrogen and oxygen atoms in total. The number of benzene rings is 2. The van der Waals surface area contributed by atoms with Gasteiger partial charge in [-0.2, -0.15) is 0 Å². The van der Waals surface area contributed by atoms with E-state index < -0.39 is 5.91 Å². The molecule has 0 bridgehead atoms. The predicted octanol–water partition coefficient (Wildman–Crippen LogP) is 4.40. The maximum atomic E-state index is 12.6. The molecule has 0 spiro atoms. The van der Waals surface area contributed by atoms with Crippen molar-refractivity contribution in [3.63, 3.8) is 0 Å². The van der Waals surface area contributed by atoms with Crippen molar-refractivity contribution in [3.05, 3.63) is 69.0 Å². The Morgan fingerprint density at radius 1 is 0.931 bits per heavy atom. The fraction of sp³-hybridized carbons (Fsp3) is 0.200. The van der Waals surface area contributed by atoms with Crippen molar-refractivity contribution in [3.8, 4) is 0 Å². The normalized spacial score (nSPS) is 10.7. The highest BCUT2D eigenvalue weighted by Gasteiger charge is 2.19. The van der Waals surface area contributed by atoms with Crippen LogP contribution < -0.4 is 10.6 Å². The van der Waals surface area contributed by atoms with Gasteiger partial charge in [0.2, 0.25) is 5.91 Å². The lowest BCUT2D eigenvalue weighted by molar-refractivity contribution is -0.117. The molecule has 0 saturated carbocycles. The van der Waals surface area contributed by atoms with Gasteiger partial charge >= 0.3 is 0 Å². The zero-order valence-electron chi connectivity index (χ0n) is 16.1. The number of nitrogens with zero attached hydrogens (tertiary/aromatic N) is 3. The standard InChI is InChI=1S/C20H19Cl2N5O2/c1-11-14(21)6-4-8-16(11)23-18(28)10-27-13(3)19(25-26-27)20(29)24-17-9-5-7-15(22)12(17)2/h4-9H,10H2,1-3H3,(H,23,28)(H,24,29). The molecule has 0 aliphatic heterocycles. The van der Waals surface area contributed by atoms with Gasteiger partial charge in [-0.15, -0.1) is 5.10 Å². The summed E-state index contributed by atoms with van der Waals surface area (Å²) in [4.78, 5) is 25.0. The number of aromatic nitrogens is 3. The van der Waals surface area contributed by atoms with E-state index in [9.17, 15) is 9.59 Å². The first-order chi connectivity index (χ1) is 13.8. The fourth-order valence-corrected chi connectivity index (χ4v) is 3.06. The highest BCUT2D eigenvalue weighted by Crippen LogP contribution is 2.24. The fourth-order valence-electron chi connectivity index (χ4n) is 2.71. The van der Waals surface area contributed by atoms with Crippen molar-refractivity contribution >= 4 is 46.4 Å². The number of anilines is 2. The topological polar surface area (TPSA) is 88.9 Å². The highest BCUT2D eigenvalue weighted by atomic mass is 35.5. The molecule has 2 N–H and O–H groups in total. The summed E-state index contributed by atoms with van der Waals surface area (Å²) in [7, 11) is 0. The second-order valence-electron chi connectivity index (χ2n) is 6.51. The van der Waals surface area contributed by atoms with E-state index in [1.165, 1.54) is 4.68 Å². The zero-order valence-corrected chi connectivity index (χ0v) is 17.6. The Morgan fingerprint density at radius 3 is 2.07 bits per heavy atom. The maximum Gasteiger partial charge on any atom is 0.278 e. The lowest BCUT2D eigenvalue weighted by Crippen LogP contribution is -2.21. The minimum Gasteiger partial charge on any atom is -0.324 e. The number of nitrogens with one attached hydrogen (secondary N) is 2. The Hall–Kier alpha value is -2.90. The van der Waals surface area contributed by atoms with Gasteiger partial charge in [-0.3, -0.25) is 9.59 Å². The SMILES string of the molecule is Cc1c(Cl)cccc1NC(=O)Cn1nnc(C(=O)Nc2cccc(Cl)c2C)c1C. The Bertz CT molecular complexity index is 1090. The first kappa shape index (κ1) is 20.8. The van der Waals surface area contributed by atoms with Gasteiger partial charge < -0.3 is 10.6 Å². The van der Waals surface area contributed by atoms with Crippen molar-refractivity contribution in [1.82, 2.24) is 15.0 Å². The summed E-state index contributed by atoms with van der Waals surface area (Å²) < 4.78 is 1.37. The van der Waals surface area contributed by atoms with Crippen LogP contribution in [0.1, 0.15) is 27.3 Å². The van der Waals surface area contributed by atoms with Crippen molar-refractivity contribution < 1.29 is 9.59 Å². The van der Waals surface area contributed by atoms with E-state index in [4.69, 9.17) is 23.2 Å². The van der Waals surface area contributed by atoms with Crippen LogP contribution in [0.25, 0.3) is 0 Å². The van der Waals surface area contributed by atoms with Crippen LogP contribution in [-0.2, 0) is 11.3 Å². The molecule has 9 heteroatoms. The molecular formula is C20H19Cl2N5O2. The van der Waals surface area contributed by atoms with Crippen LogP contribution in [0.4, 0.5) is 11.4 Å². The number of carbonyl (C=O) groups excluding carboxylic acids is 2. The van der Waals surface area contributed by atoms with Crippen LogP contribution in [0.3, 0.4) is 0 Å². The van der Waals surface area contributed by atoms with E-state index in [2.05, 4.69) is 20.9 Å². The van der Waals surface area contributed by atoms with Crippen LogP contribution in [0.5, 0.6) is 0 Å². The van der Waals surface area contributed by atoms with E-state index in [-0.39, 0.29) is 18.1 Å². The van der Waals surface area contributed by atoms with E-state index in [0.717, 1.165) is 11.1 Å². The minimum atomic E-state index is -0.426. The smallest absolute Gasteiger partial charge is 0.278 e. The largest absolute Gasteiger partial charge is 0.324 e. The van der Waals surface area contributed by atoms with Gasteiger partial charge in [-0.1, -0.05) is 40.5 Å². The summed E-state index contributed by atoms with van der Waals surface area (Å²) in [6.45, 7) is 5.22. The number of amides is 2. The third kappa shape index (κ3) is 4.58. The highest BCUT2D eigenvalue weighted by molar-refractivity contribution is 6.32. The molecule has 150 valence electrons. The lowest BCUT2D eigenvalue weighted by Gasteiger charge is -2.10. The first-order valence-electron chi connectivity index (χ1n) is 8.79. The van der Waals surface area contributed by atoms with Gasteiger partial charge in [0.05, 0.1) is 5.69 Å². The molecule has 0 atom stereocenters. The van der Waals surface area contributed by atoms with Crippen molar-refractivity contribution in [1.29, 1.82) is 0 Å². The van der Waals surface area contributed by atoms with E-state index in [1.54, 1.807) is 43.3 Å². The number of hydrogen-bond acceptors (Lipinski definition) is 4. The average Bonchev–Trinajstić information content (AvgIpc) is 3.03. The summed E-state index contributed by atoms with van der Waals surface area (Å²) in [5.74, 6) is -0.730. The summed E-state index contributed by atoms with van der Waals surface area (Å²) >= 11 is 12.2. The molecule has 3 rings (SSSR count). The van der Waals surface area contributed by atoms with Crippen LogP contribution >= 0.6 is 23.2 Å². The average molecular weight is 432 g/mol. The predicted molar refractivity (Wildman–Crippen MR) is 114 cm³/mol.